The Morgan fingerprint density at radius 2 is 1.64 bits per heavy atom. The SMILES string of the molecule is CC(=O)Nc1cccc(NC(=O)Cc2csc(NC(=O)c3ccccc3)n2)c1. The Labute approximate surface area is 165 Å². The number of benzene rings is 2. The zero-order valence-electron chi connectivity index (χ0n) is 15.1. The van der Waals surface area contributed by atoms with Gasteiger partial charge in [0.25, 0.3) is 5.91 Å². The fourth-order valence-corrected chi connectivity index (χ4v) is 3.16. The first-order chi connectivity index (χ1) is 13.5. The van der Waals surface area contributed by atoms with Crippen LogP contribution in [0.3, 0.4) is 0 Å². The van der Waals surface area contributed by atoms with Crippen molar-refractivity contribution in [2.45, 2.75) is 13.3 Å². The Bertz CT molecular complexity index is 1000. The van der Waals surface area contributed by atoms with E-state index in [1.807, 2.05) is 6.07 Å². The molecule has 0 atom stereocenters. The number of carbonyl (C=O) groups is 3. The van der Waals surface area contributed by atoms with Crippen molar-refractivity contribution < 1.29 is 14.4 Å². The summed E-state index contributed by atoms with van der Waals surface area (Å²) < 4.78 is 0. The predicted octanol–water partition coefficient (Wildman–Crippen LogP) is 3.54. The Kier molecular flexibility index (Phi) is 6.13. The van der Waals surface area contributed by atoms with E-state index in [4.69, 9.17) is 0 Å². The lowest BCUT2D eigenvalue weighted by Gasteiger charge is -2.07. The molecule has 0 spiro atoms. The minimum Gasteiger partial charge on any atom is -0.326 e. The number of amides is 3. The maximum absolute atomic E-state index is 12.2. The zero-order valence-corrected chi connectivity index (χ0v) is 15.9. The molecule has 0 aliphatic carbocycles. The second-order valence-corrected chi connectivity index (χ2v) is 6.81. The second kappa shape index (κ2) is 8.92. The third kappa shape index (κ3) is 5.49. The molecule has 8 heteroatoms. The predicted molar refractivity (Wildman–Crippen MR) is 110 cm³/mol. The minimum absolute atomic E-state index is 0.0715. The highest BCUT2D eigenvalue weighted by atomic mass is 32.1. The summed E-state index contributed by atoms with van der Waals surface area (Å²) in [6.07, 6.45) is 0.0715. The van der Waals surface area contributed by atoms with Crippen LogP contribution in [0.4, 0.5) is 16.5 Å². The molecule has 0 aliphatic heterocycles. The lowest BCUT2D eigenvalue weighted by Crippen LogP contribution is -2.15. The molecule has 28 heavy (non-hydrogen) atoms. The molecular weight excluding hydrogens is 376 g/mol. The first-order valence-corrected chi connectivity index (χ1v) is 9.36. The molecule has 2 aromatic carbocycles. The summed E-state index contributed by atoms with van der Waals surface area (Å²) in [5.41, 5.74) is 2.27. The smallest absolute Gasteiger partial charge is 0.257 e. The van der Waals surface area contributed by atoms with Crippen molar-refractivity contribution in [1.29, 1.82) is 0 Å². The molecule has 1 aromatic heterocycles. The van der Waals surface area contributed by atoms with Gasteiger partial charge >= 0.3 is 0 Å². The second-order valence-electron chi connectivity index (χ2n) is 5.95. The number of hydrogen-bond donors (Lipinski definition) is 3. The van der Waals surface area contributed by atoms with Crippen LogP contribution < -0.4 is 16.0 Å². The summed E-state index contributed by atoms with van der Waals surface area (Å²) in [4.78, 5) is 39.8. The Morgan fingerprint density at radius 1 is 0.929 bits per heavy atom. The highest BCUT2D eigenvalue weighted by molar-refractivity contribution is 7.14. The average molecular weight is 394 g/mol. The highest BCUT2D eigenvalue weighted by Crippen LogP contribution is 2.18. The summed E-state index contributed by atoms with van der Waals surface area (Å²) in [6.45, 7) is 1.42. The number of nitrogens with one attached hydrogen (secondary N) is 3. The minimum atomic E-state index is -0.249. The summed E-state index contributed by atoms with van der Waals surface area (Å²) in [5, 5.41) is 10.3. The van der Waals surface area contributed by atoms with Crippen LogP contribution >= 0.6 is 11.3 Å². The Balaban J connectivity index is 1.57. The number of nitrogens with zero attached hydrogens (tertiary/aromatic N) is 1. The summed E-state index contributed by atoms with van der Waals surface area (Å²) in [6, 6.07) is 15.7. The van der Waals surface area contributed by atoms with Crippen molar-refractivity contribution in [3.63, 3.8) is 0 Å². The number of thiazole rings is 1. The lowest BCUT2D eigenvalue weighted by atomic mass is 10.2. The third-order valence-corrected chi connectivity index (χ3v) is 4.42. The van der Waals surface area contributed by atoms with Gasteiger partial charge in [0, 0.05) is 29.2 Å². The quantitative estimate of drug-likeness (QED) is 0.595. The van der Waals surface area contributed by atoms with Crippen LogP contribution in [0.1, 0.15) is 23.0 Å². The van der Waals surface area contributed by atoms with Crippen molar-refractivity contribution in [1.82, 2.24) is 4.98 Å². The van der Waals surface area contributed by atoms with Crippen LogP contribution in [0.25, 0.3) is 0 Å². The summed E-state index contributed by atoms with van der Waals surface area (Å²) >= 11 is 1.26. The molecule has 0 saturated heterocycles. The molecule has 142 valence electrons. The van der Waals surface area contributed by atoms with Gasteiger partial charge in [-0.25, -0.2) is 4.98 Å². The highest BCUT2D eigenvalue weighted by Gasteiger charge is 2.11. The van der Waals surface area contributed by atoms with Crippen LogP contribution in [0.5, 0.6) is 0 Å². The van der Waals surface area contributed by atoms with Crippen LogP contribution in [0.2, 0.25) is 0 Å². The van der Waals surface area contributed by atoms with Crippen LogP contribution in [0, 0.1) is 0 Å². The molecule has 0 aliphatic rings. The molecule has 0 bridgehead atoms. The topological polar surface area (TPSA) is 100 Å². The number of anilines is 3. The van der Waals surface area contributed by atoms with E-state index < -0.39 is 0 Å². The lowest BCUT2D eigenvalue weighted by molar-refractivity contribution is -0.116. The maximum atomic E-state index is 12.2. The van der Waals surface area contributed by atoms with Gasteiger partial charge in [0.1, 0.15) is 0 Å². The summed E-state index contributed by atoms with van der Waals surface area (Å²) in [7, 11) is 0. The molecule has 1 heterocycles. The van der Waals surface area contributed by atoms with Gasteiger partial charge in [0.15, 0.2) is 5.13 Å². The standard InChI is InChI=1S/C20H18N4O3S/c1-13(25)21-15-8-5-9-16(10-15)22-18(26)11-17-12-28-20(23-17)24-19(27)14-6-3-2-4-7-14/h2-10,12H,11H2,1H3,(H,21,25)(H,22,26)(H,23,24,27). The number of rotatable bonds is 6. The van der Waals surface area contributed by atoms with Crippen LogP contribution in [-0.2, 0) is 16.0 Å². The van der Waals surface area contributed by atoms with E-state index in [-0.39, 0.29) is 24.1 Å². The maximum Gasteiger partial charge on any atom is 0.257 e. The van der Waals surface area contributed by atoms with Gasteiger partial charge in [-0.3, -0.25) is 19.7 Å². The summed E-state index contributed by atoms with van der Waals surface area (Å²) in [5.74, 6) is -0.678. The van der Waals surface area contributed by atoms with Gasteiger partial charge in [-0.1, -0.05) is 24.3 Å². The van der Waals surface area contributed by atoms with Gasteiger partial charge < -0.3 is 10.6 Å². The van der Waals surface area contributed by atoms with Crippen molar-refractivity contribution >= 4 is 45.6 Å². The van der Waals surface area contributed by atoms with Crippen molar-refractivity contribution in [3.05, 3.63) is 71.2 Å². The van der Waals surface area contributed by atoms with Gasteiger partial charge in [-0.2, -0.15) is 0 Å². The number of aromatic nitrogens is 1. The van der Waals surface area contributed by atoms with Crippen molar-refractivity contribution in [2.24, 2.45) is 0 Å². The molecule has 0 radical (unpaired) electrons. The molecule has 3 aromatic rings. The van der Waals surface area contributed by atoms with E-state index in [9.17, 15) is 14.4 Å². The Hall–Kier alpha value is -3.52. The number of carbonyl (C=O) groups excluding carboxylic acids is 3. The molecule has 0 fully saturated rings. The van der Waals surface area contributed by atoms with Crippen molar-refractivity contribution in [3.8, 4) is 0 Å². The van der Waals surface area contributed by atoms with Gasteiger partial charge in [-0.15, -0.1) is 11.3 Å². The zero-order chi connectivity index (χ0) is 19.9. The van der Waals surface area contributed by atoms with Crippen LogP contribution in [0.15, 0.2) is 60.0 Å². The molecule has 3 amide bonds. The molecule has 7 nitrogen and oxygen atoms in total. The first-order valence-electron chi connectivity index (χ1n) is 8.48. The fourth-order valence-electron chi connectivity index (χ4n) is 2.45. The normalized spacial score (nSPS) is 10.2. The Morgan fingerprint density at radius 3 is 2.36 bits per heavy atom. The first kappa shape index (κ1) is 19.2. The van der Waals surface area contributed by atoms with E-state index in [0.717, 1.165) is 0 Å². The van der Waals surface area contributed by atoms with Crippen LogP contribution in [-0.4, -0.2) is 22.7 Å². The average Bonchev–Trinajstić information content (AvgIpc) is 3.08. The number of hydrogen-bond acceptors (Lipinski definition) is 5. The molecule has 0 unspecified atom stereocenters. The molecule has 3 N–H and O–H groups in total. The molecular formula is C20H18N4O3S. The van der Waals surface area contributed by atoms with Gasteiger partial charge in [0.05, 0.1) is 12.1 Å². The van der Waals surface area contributed by atoms with Gasteiger partial charge in [0.2, 0.25) is 11.8 Å². The van der Waals surface area contributed by atoms with E-state index in [1.54, 1.807) is 53.9 Å². The van der Waals surface area contributed by atoms with E-state index in [1.165, 1.54) is 18.3 Å². The largest absolute Gasteiger partial charge is 0.326 e. The van der Waals surface area contributed by atoms with E-state index in [2.05, 4.69) is 20.9 Å². The van der Waals surface area contributed by atoms with E-state index in [0.29, 0.717) is 27.8 Å². The van der Waals surface area contributed by atoms with E-state index >= 15 is 0 Å². The molecule has 3 rings (SSSR count). The van der Waals surface area contributed by atoms with Crippen molar-refractivity contribution in [2.75, 3.05) is 16.0 Å². The van der Waals surface area contributed by atoms with Gasteiger partial charge in [-0.05, 0) is 30.3 Å². The third-order valence-electron chi connectivity index (χ3n) is 3.62. The monoisotopic (exact) mass is 394 g/mol. The fraction of sp³-hybridized carbons (Fsp3) is 0.100. The molecule has 0 saturated carbocycles.